The van der Waals surface area contributed by atoms with Gasteiger partial charge in [-0.3, -0.25) is 14.4 Å². The maximum Gasteiger partial charge on any atom is 0.330 e. The molecule has 11 nitrogen and oxygen atoms in total. The number of amides is 3. The SMILES string of the molecule is C=C[C@@H]1C[C@]1(NC(=O)[C@@H]1C[C@@H](Oc2cc(-c3ccccc3)nc3cc(OC)ccc23)C[C@H]1C(=O)N[C@H](C(=O)NC(C)(C)C)C(C)(C)C)C(=O)O. The summed E-state index contributed by atoms with van der Waals surface area (Å²) in [6, 6.07) is 16.1. The molecule has 3 amide bonds. The van der Waals surface area contributed by atoms with Gasteiger partial charge in [0, 0.05) is 34.5 Å². The number of fused-ring (bicyclic) bond motifs is 1. The molecular formula is C39H48N4O7. The molecule has 3 aromatic rings. The van der Waals surface area contributed by atoms with E-state index in [4.69, 9.17) is 14.5 Å². The van der Waals surface area contributed by atoms with E-state index in [2.05, 4.69) is 22.5 Å². The number of methoxy groups -OCH3 is 1. The van der Waals surface area contributed by atoms with E-state index in [0.29, 0.717) is 22.7 Å². The molecule has 0 saturated heterocycles. The van der Waals surface area contributed by atoms with Crippen LogP contribution in [0.5, 0.6) is 11.5 Å². The number of carbonyl (C=O) groups is 4. The molecule has 4 N–H and O–H groups in total. The van der Waals surface area contributed by atoms with Crippen LogP contribution in [0.3, 0.4) is 0 Å². The van der Waals surface area contributed by atoms with Crippen LogP contribution in [0, 0.1) is 23.2 Å². The molecule has 11 heteroatoms. The van der Waals surface area contributed by atoms with E-state index in [1.54, 1.807) is 7.11 Å². The van der Waals surface area contributed by atoms with Crippen molar-refractivity contribution in [2.45, 2.75) is 84.0 Å². The van der Waals surface area contributed by atoms with Crippen molar-refractivity contribution in [3.63, 3.8) is 0 Å². The van der Waals surface area contributed by atoms with Gasteiger partial charge < -0.3 is 30.5 Å². The minimum absolute atomic E-state index is 0.146. The molecule has 2 saturated carbocycles. The normalized spacial score (nSPS) is 23.7. The van der Waals surface area contributed by atoms with Gasteiger partial charge in [-0.25, -0.2) is 9.78 Å². The van der Waals surface area contributed by atoms with Crippen LogP contribution in [0.2, 0.25) is 0 Å². The maximum absolute atomic E-state index is 14.2. The molecule has 0 bridgehead atoms. The van der Waals surface area contributed by atoms with Crippen LogP contribution in [0.4, 0.5) is 0 Å². The fourth-order valence-electron chi connectivity index (χ4n) is 6.70. The lowest BCUT2D eigenvalue weighted by atomic mass is 9.84. The standard InChI is InChI=1S/C39H48N4O7/c1-9-23-21-39(23,36(47)48)43-34(45)28-18-25(17-27(28)33(44)41-32(37(2,3)4)35(46)42-38(5,6)7)50-31-20-29(22-13-11-10-12-14-22)40-30-19-24(49-8)15-16-26(30)31/h9-16,19-20,23,25,27-28,32H,1,17-18,21H2,2-8H3,(H,41,44)(H,42,46)(H,43,45)(H,47,48)/t23-,25+,27-,28-,32-,39-/m1/s1. The van der Waals surface area contributed by atoms with Crippen molar-refractivity contribution in [1.82, 2.24) is 20.9 Å². The molecule has 0 aliphatic heterocycles. The highest BCUT2D eigenvalue weighted by Crippen LogP contribution is 2.46. The Morgan fingerprint density at radius 1 is 0.980 bits per heavy atom. The zero-order chi connectivity index (χ0) is 36.6. The van der Waals surface area contributed by atoms with Gasteiger partial charge >= 0.3 is 5.97 Å². The first-order valence-corrected chi connectivity index (χ1v) is 17.0. The average Bonchev–Trinajstić information content (AvgIpc) is 3.61. The molecule has 2 aromatic carbocycles. The van der Waals surface area contributed by atoms with Crippen molar-refractivity contribution in [2.75, 3.05) is 7.11 Å². The highest BCUT2D eigenvalue weighted by Gasteiger charge is 2.61. The van der Waals surface area contributed by atoms with Gasteiger partial charge in [0.1, 0.15) is 29.2 Å². The smallest absolute Gasteiger partial charge is 0.330 e. The van der Waals surface area contributed by atoms with Crippen LogP contribution in [-0.4, -0.2) is 64.1 Å². The first-order valence-electron chi connectivity index (χ1n) is 17.0. The quantitative estimate of drug-likeness (QED) is 0.199. The summed E-state index contributed by atoms with van der Waals surface area (Å²) in [5.41, 5.74) is -0.455. The third-order valence-corrected chi connectivity index (χ3v) is 9.48. The Bertz CT molecular complexity index is 1800. The van der Waals surface area contributed by atoms with Crippen molar-refractivity contribution in [3.8, 4) is 22.8 Å². The number of carboxylic acid groups (broad SMARTS) is 1. The number of nitrogens with one attached hydrogen (secondary N) is 3. The largest absolute Gasteiger partial charge is 0.497 e. The summed E-state index contributed by atoms with van der Waals surface area (Å²) >= 11 is 0. The molecule has 1 aromatic heterocycles. The lowest BCUT2D eigenvalue weighted by Crippen LogP contribution is -2.58. The number of aromatic nitrogens is 1. The first kappa shape index (κ1) is 36.4. The van der Waals surface area contributed by atoms with E-state index < -0.39 is 64.2 Å². The summed E-state index contributed by atoms with van der Waals surface area (Å²) in [6.07, 6.45) is 1.45. The van der Waals surface area contributed by atoms with E-state index in [9.17, 15) is 24.3 Å². The molecule has 0 radical (unpaired) electrons. The Hall–Kier alpha value is -4.93. The minimum atomic E-state index is -1.47. The number of nitrogens with zero attached hydrogens (tertiary/aromatic N) is 1. The van der Waals surface area contributed by atoms with Gasteiger partial charge in [0.15, 0.2) is 0 Å². The monoisotopic (exact) mass is 684 g/mol. The Labute approximate surface area is 293 Å². The second kappa shape index (κ2) is 13.8. The van der Waals surface area contributed by atoms with E-state index in [1.165, 1.54) is 6.08 Å². The topological polar surface area (TPSA) is 156 Å². The second-order valence-corrected chi connectivity index (χ2v) is 15.5. The number of carboxylic acids is 1. The zero-order valence-electron chi connectivity index (χ0n) is 29.8. The minimum Gasteiger partial charge on any atom is -0.497 e. The maximum atomic E-state index is 14.2. The van der Waals surface area contributed by atoms with Crippen LogP contribution in [0.25, 0.3) is 22.2 Å². The van der Waals surface area contributed by atoms with Crippen LogP contribution in [-0.2, 0) is 19.2 Å². The molecule has 266 valence electrons. The summed E-state index contributed by atoms with van der Waals surface area (Å²) in [6.45, 7) is 14.9. The second-order valence-electron chi connectivity index (χ2n) is 15.5. The summed E-state index contributed by atoms with van der Waals surface area (Å²) in [5, 5.41) is 19.4. The summed E-state index contributed by atoms with van der Waals surface area (Å²) in [4.78, 5) is 58.7. The van der Waals surface area contributed by atoms with Crippen LogP contribution >= 0.6 is 0 Å². The molecule has 2 fully saturated rings. The van der Waals surface area contributed by atoms with E-state index in [-0.39, 0.29) is 25.2 Å². The summed E-state index contributed by atoms with van der Waals surface area (Å²) in [5.74, 6) is -3.61. The Kier molecular flexibility index (Phi) is 10.0. The molecule has 0 unspecified atom stereocenters. The van der Waals surface area contributed by atoms with Crippen LogP contribution < -0.4 is 25.4 Å². The third-order valence-electron chi connectivity index (χ3n) is 9.48. The number of hydrogen-bond acceptors (Lipinski definition) is 7. The van der Waals surface area contributed by atoms with Crippen molar-refractivity contribution in [3.05, 3.63) is 67.3 Å². The highest BCUT2D eigenvalue weighted by atomic mass is 16.5. The molecule has 6 atom stereocenters. The molecule has 0 spiro atoms. The molecule has 2 aliphatic rings. The number of carbonyl (C=O) groups excluding carboxylic acids is 3. The number of benzene rings is 2. The molecule has 5 rings (SSSR count). The summed E-state index contributed by atoms with van der Waals surface area (Å²) < 4.78 is 12.1. The number of aliphatic carboxylic acids is 1. The third kappa shape index (κ3) is 7.77. The van der Waals surface area contributed by atoms with E-state index in [1.807, 2.05) is 96.1 Å². The molecule has 50 heavy (non-hydrogen) atoms. The predicted molar refractivity (Wildman–Crippen MR) is 190 cm³/mol. The van der Waals surface area contributed by atoms with Gasteiger partial charge in [-0.1, -0.05) is 57.2 Å². The van der Waals surface area contributed by atoms with Crippen LogP contribution in [0.15, 0.2) is 67.3 Å². The lowest BCUT2D eigenvalue weighted by Gasteiger charge is -2.34. The van der Waals surface area contributed by atoms with Crippen molar-refractivity contribution < 1.29 is 33.8 Å². The van der Waals surface area contributed by atoms with Gasteiger partial charge in [-0.2, -0.15) is 0 Å². The van der Waals surface area contributed by atoms with E-state index >= 15 is 0 Å². The van der Waals surface area contributed by atoms with Gasteiger partial charge in [-0.05, 0) is 57.6 Å². The number of rotatable bonds is 11. The molecule has 1 heterocycles. The van der Waals surface area contributed by atoms with Crippen molar-refractivity contribution >= 4 is 34.6 Å². The predicted octanol–water partition coefficient (Wildman–Crippen LogP) is 5.28. The molecular weight excluding hydrogens is 636 g/mol. The van der Waals surface area contributed by atoms with Gasteiger partial charge in [-0.15, -0.1) is 6.58 Å². The lowest BCUT2D eigenvalue weighted by molar-refractivity contribution is -0.145. The Balaban J connectivity index is 1.48. The first-order chi connectivity index (χ1) is 23.5. The fraction of sp³-hybridized carbons (Fsp3) is 0.462. The Morgan fingerprint density at radius 3 is 2.20 bits per heavy atom. The van der Waals surface area contributed by atoms with Crippen LogP contribution in [0.1, 0.15) is 60.8 Å². The van der Waals surface area contributed by atoms with Crippen molar-refractivity contribution in [1.29, 1.82) is 0 Å². The number of hydrogen-bond donors (Lipinski definition) is 4. The van der Waals surface area contributed by atoms with Gasteiger partial charge in [0.2, 0.25) is 17.7 Å². The van der Waals surface area contributed by atoms with E-state index in [0.717, 1.165) is 10.9 Å². The number of ether oxygens (including phenoxy) is 2. The zero-order valence-corrected chi connectivity index (χ0v) is 29.8. The average molecular weight is 685 g/mol. The summed E-state index contributed by atoms with van der Waals surface area (Å²) in [7, 11) is 1.58. The van der Waals surface area contributed by atoms with Gasteiger partial charge in [0.05, 0.1) is 30.2 Å². The fourth-order valence-corrected chi connectivity index (χ4v) is 6.70. The molecule has 2 aliphatic carbocycles. The van der Waals surface area contributed by atoms with Gasteiger partial charge in [0.25, 0.3) is 0 Å². The highest BCUT2D eigenvalue weighted by molar-refractivity contribution is 5.96. The Morgan fingerprint density at radius 2 is 1.64 bits per heavy atom. The van der Waals surface area contributed by atoms with Crippen molar-refractivity contribution in [2.24, 2.45) is 23.2 Å². The number of pyridine rings is 1.